The summed E-state index contributed by atoms with van der Waals surface area (Å²) in [4.78, 5) is 17.6. The van der Waals surface area contributed by atoms with E-state index >= 15 is 0 Å². The third-order valence-electron chi connectivity index (χ3n) is 5.77. The van der Waals surface area contributed by atoms with Crippen LogP contribution in [0.15, 0.2) is 47.3 Å². The highest BCUT2D eigenvalue weighted by Crippen LogP contribution is 2.28. The van der Waals surface area contributed by atoms with E-state index in [2.05, 4.69) is 10.1 Å². The molecule has 0 saturated heterocycles. The van der Waals surface area contributed by atoms with Crippen molar-refractivity contribution < 1.29 is 27.8 Å². The van der Waals surface area contributed by atoms with Gasteiger partial charge in [-0.05, 0) is 44.2 Å². The molecule has 202 valence electrons. The maximum absolute atomic E-state index is 14.0. The Hall–Kier alpha value is -3.19. The number of rotatable bonds is 7. The predicted molar refractivity (Wildman–Crippen MR) is 132 cm³/mol. The number of alkyl halides is 3. The van der Waals surface area contributed by atoms with Crippen molar-refractivity contribution in [2.45, 2.75) is 45.3 Å². The van der Waals surface area contributed by atoms with Gasteiger partial charge in [0.05, 0.1) is 24.5 Å². The molecule has 2 heterocycles. The lowest BCUT2D eigenvalue weighted by Gasteiger charge is -2.16. The molecule has 4 rings (SSSR count). The van der Waals surface area contributed by atoms with E-state index in [-0.39, 0.29) is 40.3 Å². The zero-order valence-corrected chi connectivity index (χ0v) is 21.4. The molecule has 0 fully saturated rings. The van der Waals surface area contributed by atoms with E-state index in [9.17, 15) is 32.6 Å². The van der Waals surface area contributed by atoms with Crippen LogP contribution in [0, 0.1) is 12.7 Å². The number of benzene rings is 2. The lowest BCUT2D eigenvalue weighted by Crippen LogP contribution is -2.37. The molecule has 2 atom stereocenters. The van der Waals surface area contributed by atoms with E-state index in [1.165, 1.54) is 48.9 Å². The van der Waals surface area contributed by atoms with Crippen molar-refractivity contribution in [1.82, 2.24) is 23.9 Å². The van der Waals surface area contributed by atoms with Gasteiger partial charge >= 0.3 is 11.9 Å². The maximum atomic E-state index is 14.0. The Morgan fingerprint density at radius 2 is 1.68 bits per heavy atom. The molecule has 0 radical (unpaired) electrons. The monoisotopic (exact) mass is 573 g/mol. The van der Waals surface area contributed by atoms with Crippen LogP contribution in [-0.4, -0.2) is 46.4 Å². The molecule has 0 aliphatic heterocycles. The molecule has 2 aromatic carbocycles. The Balaban J connectivity index is 1.83. The number of hydrogen-bond acceptors (Lipinski definition) is 5. The van der Waals surface area contributed by atoms with Crippen molar-refractivity contribution in [2.24, 2.45) is 0 Å². The average Bonchev–Trinajstić information content (AvgIpc) is 3.34. The quantitative estimate of drug-likeness (QED) is 0.313. The van der Waals surface area contributed by atoms with Gasteiger partial charge in [0.15, 0.2) is 17.8 Å². The van der Waals surface area contributed by atoms with Gasteiger partial charge in [0.2, 0.25) is 0 Å². The van der Waals surface area contributed by atoms with Gasteiger partial charge in [-0.2, -0.15) is 13.2 Å². The molecule has 0 spiro atoms. The van der Waals surface area contributed by atoms with Crippen LogP contribution >= 0.6 is 23.2 Å². The highest BCUT2D eigenvalue weighted by atomic mass is 35.5. The molecule has 2 aromatic heterocycles. The van der Waals surface area contributed by atoms with Crippen LogP contribution in [0.3, 0.4) is 0 Å². The number of halogens is 6. The Morgan fingerprint density at radius 3 is 2.26 bits per heavy atom. The van der Waals surface area contributed by atoms with Gasteiger partial charge in [-0.3, -0.25) is 9.13 Å². The normalized spacial score (nSPS) is 13.6. The number of imidazole rings is 1. The third kappa shape index (κ3) is 5.63. The number of aliphatic hydroxyl groups excluding tert-OH is 2. The molecule has 0 aliphatic carbocycles. The first-order chi connectivity index (χ1) is 17.8. The summed E-state index contributed by atoms with van der Waals surface area (Å²) in [6.07, 6.45) is -8.89. The molecule has 0 saturated carbocycles. The van der Waals surface area contributed by atoms with Gasteiger partial charge in [0.25, 0.3) is 0 Å². The smallest absolute Gasteiger partial charge is 0.385 e. The fraction of sp³-hybridized carbons (Fsp3) is 0.292. The van der Waals surface area contributed by atoms with Crippen LogP contribution in [0.2, 0.25) is 10.0 Å². The highest BCUT2D eigenvalue weighted by molar-refractivity contribution is 6.31. The summed E-state index contributed by atoms with van der Waals surface area (Å²) in [7, 11) is 0. The molecule has 0 bridgehead atoms. The van der Waals surface area contributed by atoms with Crippen LogP contribution in [0.25, 0.3) is 16.9 Å². The molecule has 8 nitrogen and oxygen atoms in total. The van der Waals surface area contributed by atoms with Gasteiger partial charge in [-0.15, -0.1) is 5.10 Å². The van der Waals surface area contributed by atoms with Crippen molar-refractivity contribution in [2.75, 3.05) is 0 Å². The minimum Gasteiger partial charge on any atom is -0.385 e. The van der Waals surface area contributed by atoms with E-state index < -0.39 is 36.4 Å². The first-order valence-corrected chi connectivity index (χ1v) is 11.9. The zero-order valence-electron chi connectivity index (χ0n) is 19.9. The van der Waals surface area contributed by atoms with E-state index in [0.717, 1.165) is 21.3 Å². The summed E-state index contributed by atoms with van der Waals surface area (Å²) in [5.41, 5.74) is 0.133. The van der Waals surface area contributed by atoms with Gasteiger partial charge in [-0.25, -0.2) is 18.9 Å². The highest BCUT2D eigenvalue weighted by Gasteiger charge is 2.39. The Bertz CT molecular complexity index is 1510. The van der Waals surface area contributed by atoms with Gasteiger partial charge < -0.3 is 10.2 Å². The van der Waals surface area contributed by atoms with Crippen molar-refractivity contribution >= 4 is 23.2 Å². The third-order valence-corrected chi connectivity index (χ3v) is 6.24. The molecule has 0 amide bonds. The minimum atomic E-state index is -4.95. The standard InChI is InChI=1S/C24H21Cl2F4N5O3/c1-12-21(14-3-5-15(25)6-4-14)34(10-19(37)24(28,29)30)23(38)33(12)11-20-31-22(13(2)36)35(32-20)18-8-16(26)7-17(27)9-18/h3-9,13,19,36-37H,10-11H2,1-2H3/t13-,19-/m0/s1. The molecular weight excluding hydrogens is 553 g/mol. The summed E-state index contributed by atoms with van der Waals surface area (Å²) >= 11 is 11.9. The average molecular weight is 574 g/mol. The maximum Gasteiger partial charge on any atom is 0.416 e. The number of nitrogens with zero attached hydrogens (tertiary/aromatic N) is 5. The molecular formula is C24H21Cl2F4N5O3. The summed E-state index contributed by atoms with van der Waals surface area (Å²) in [6, 6.07) is 9.73. The molecule has 2 N–H and O–H groups in total. The van der Waals surface area contributed by atoms with Crippen molar-refractivity contribution in [3.05, 3.63) is 86.2 Å². The summed E-state index contributed by atoms with van der Waals surface area (Å²) in [6.45, 7) is 1.60. The largest absolute Gasteiger partial charge is 0.416 e. The molecule has 4 aromatic rings. The lowest BCUT2D eigenvalue weighted by atomic mass is 10.1. The van der Waals surface area contributed by atoms with E-state index in [4.69, 9.17) is 23.2 Å². The Morgan fingerprint density at radius 1 is 1.03 bits per heavy atom. The molecule has 38 heavy (non-hydrogen) atoms. The van der Waals surface area contributed by atoms with Crippen LogP contribution < -0.4 is 5.69 Å². The minimum absolute atomic E-state index is 0.0164. The second-order valence-corrected chi connectivity index (χ2v) is 9.45. The fourth-order valence-electron chi connectivity index (χ4n) is 4.01. The fourth-order valence-corrected chi connectivity index (χ4v) is 4.35. The van der Waals surface area contributed by atoms with Crippen molar-refractivity contribution in [3.63, 3.8) is 0 Å². The van der Waals surface area contributed by atoms with E-state index in [0.29, 0.717) is 10.6 Å². The van der Waals surface area contributed by atoms with Crippen LogP contribution in [0.4, 0.5) is 17.6 Å². The topological polar surface area (TPSA) is 98.1 Å². The molecule has 0 unspecified atom stereocenters. The molecule has 14 heteroatoms. The Kier molecular flexibility index (Phi) is 7.71. The lowest BCUT2D eigenvalue weighted by molar-refractivity contribution is -0.207. The van der Waals surface area contributed by atoms with Crippen molar-refractivity contribution in [1.29, 1.82) is 0 Å². The second kappa shape index (κ2) is 10.5. The zero-order chi connectivity index (χ0) is 27.9. The Labute approximate surface area is 223 Å². The predicted octanol–water partition coefficient (Wildman–Crippen LogP) is 4.68. The summed E-state index contributed by atoms with van der Waals surface area (Å²) in [5.74, 6) is -0.610. The summed E-state index contributed by atoms with van der Waals surface area (Å²) in [5, 5.41) is 24.7. The SMILES string of the molecule is Cc1c(-c2ccc(Cl)cc2)n(C[C@H](O)C(F)(F)F)c(=O)n1Cc1nc([C@H](C)O)n(-c2cc(F)cc(Cl)c2)n1. The van der Waals surface area contributed by atoms with Gasteiger partial charge in [0, 0.05) is 21.3 Å². The van der Waals surface area contributed by atoms with Gasteiger partial charge in [-0.1, -0.05) is 35.3 Å². The van der Waals surface area contributed by atoms with E-state index in [1.54, 1.807) is 0 Å². The van der Waals surface area contributed by atoms with Crippen LogP contribution in [0.1, 0.15) is 30.4 Å². The number of aromatic nitrogens is 5. The first-order valence-electron chi connectivity index (χ1n) is 11.2. The summed E-state index contributed by atoms with van der Waals surface area (Å²) < 4.78 is 56.6. The number of hydrogen-bond donors (Lipinski definition) is 2. The van der Waals surface area contributed by atoms with Crippen LogP contribution in [-0.2, 0) is 13.1 Å². The van der Waals surface area contributed by atoms with E-state index in [1.807, 2.05) is 0 Å². The van der Waals surface area contributed by atoms with Crippen LogP contribution in [0.5, 0.6) is 0 Å². The number of aliphatic hydroxyl groups is 2. The van der Waals surface area contributed by atoms with Crippen molar-refractivity contribution in [3.8, 4) is 16.9 Å². The second-order valence-electron chi connectivity index (χ2n) is 8.58. The molecule has 0 aliphatic rings. The van der Waals surface area contributed by atoms with Gasteiger partial charge in [0.1, 0.15) is 11.9 Å². The first kappa shape index (κ1) is 27.8.